The molecule has 0 bridgehead atoms. The number of aromatic carboxylic acids is 1. The monoisotopic (exact) mass is 261 g/mol. The number of carboxylic acid groups (broad SMARTS) is 1. The molecule has 1 fully saturated rings. The zero-order chi connectivity index (χ0) is 11.7. The summed E-state index contributed by atoms with van der Waals surface area (Å²) in [4.78, 5) is 20.7. The van der Waals surface area contributed by atoms with Crippen LogP contribution in [0.1, 0.15) is 23.2 Å². The van der Waals surface area contributed by atoms with E-state index >= 15 is 0 Å². The Labute approximate surface area is 102 Å². The van der Waals surface area contributed by atoms with Crippen LogP contribution in [0.5, 0.6) is 0 Å². The number of carbonyl (C=O) groups is 1. The minimum Gasteiger partial charge on any atom is -0.477 e. The first-order valence-corrected chi connectivity index (χ1v) is 5.56. The number of carboxylic acids is 1. The number of hydrogen-bond acceptors (Lipinski definition) is 4. The molecule has 0 amide bonds. The molecule has 1 aliphatic rings. The standard InChI is InChI=1S/C9H9Cl2N3O2/c10-6-5(8(15)16)7(11)13-9(12-6)14-3-1-2-4-14/h1-4H2,(H,15,16). The SMILES string of the molecule is O=C(O)c1c(Cl)nc(N2CCCC2)nc1Cl. The Bertz CT molecular complexity index is 410. The summed E-state index contributed by atoms with van der Waals surface area (Å²) in [6, 6.07) is 0. The molecule has 1 N–H and O–H groups in total. The van der Waals surface area contributed by atoms with Crippen LogP contribution >= 0.6 is 23.2 Å². The summed E-state index contributed by atoms with van der Waals surface area (Å²) in [5.41, 5.74) is -0.244. The highest BCUT2D eigenvalue weighted by molar-refractivity contribution is 6.37. The summed E-state index contributed by atoms with van der Waals surface area (Å²) in [5, 5.41) is 8.61. The molecule has 16 heavy (non-hydrogen) atoms. The highest BCUT2D eigenvalue weighted by Gasteiger charge is 2.22. The molecule has 1 saturated heterocycles. The first kappa shape index (κ1) is 11.4. The van der Waals surface area contributed by atoms with E-state index in [1.165, 1.54) is 0 Å². The van der Waals surface area contributed by atoms with Crippen molar-refractivity contribution in [1.29, 1.82) is 0 Å². The first-order valence-electron chi connectivity index (χ1n) is 4.81. The highest BCUT2D eigenvalue weighted by atomic mass is 35.5. The van der Waals surface area contributed by atoms with E-state index in [-0.39, 0.29) is 15.9 Å². The predicted molar refractivity (Wildman–Crippen MR) is 60.5 cm³/mol. The second-order valence-corrected chi connectivity index (χ2v) is 4.20. The summed E-state index contributed by atoms with van der Waals surface area (Å²) in [6.45, 7) is 1.69. The Balaban J connectivity index is 2.40. The van der Waals surface area contributed by atoms with Gasteiger partial charge in [-0.15, -0.1) is 0 Å². The van der Waals surface area contributed by atoms with Gasteiger partial charge >= 0.3 is 5.97 Å². The van der Waals surface area contributed by atoms with Gasteiger partial charge in [0.25, 0.3) is 0 Å². The van der Waals surface area contributed by atoms with Gasteiger partial charge in [0.2, 0.25) is 5.95 Å². The van der Waals surface area contributed by atoms with E-state index in [2.05, 4.69) is 9.97 Å². The van der Waals surface area contributed by atoms with E-state index < -0.39 is 5.97 Å². The number of rotatable bonds is 2. The van der Waals surface area contributed by atoms with Crippen molar-refractivity contribution < 1.29 is 9.90 Å². The molecule has 0 radical (unpaired) electrons. The van der Waals surface area contributed by atoms with Gasteiger partial charge in [0.15, 0.2) is 10.3 Å². The molecule has 5 nitrogen and oxygen atoms in total. The Morgan fingerprint density at radius 2 is 1.69 bits per heavy atom. The molecule has 0 unspecified atom stereocenters. The average molecular weight is 262 g/mol. The van der Waals surface area contributed by atoms with Gasteiger partial charge in [-0.3, -0.25) is 0 Å². The van der Waals surface area contributed by atoms with Gasteiger partial charge in [-0.25, -0.2) is 4.79 Å². The van der Waals surface area contributed by atoms with Gasteiger partial charge in [-0.05, 0) is 12.8 Å². The predicted octanol–water partition coefficient (Wildman–Crippen LogP) is 2.08. The number of anilines is 1. The second kappa shape index (κ2) is 4.43. The van der Waals surface area contributed by atoms with Crippen molar-refractivity contribution in [3.63, 3.8) is 0 Å². The maximum absolute atomic E-state index is 10.8. The molecule has 1 aliphatic heterocycles. The van der Waals surface area contributed by atoms with E-state index in [0.717, 1.165) is 25.9 Å². The Morgan fingerprint density at radius 3 is 2.12 bits per heavy atom. The van der Waals surface area contributed by atoms with Crippen LogP contribution in [0.3, 0.4) is 0 Å². The van der Waals surface area contributed by atoms with E-state index in [4.69, 9.17) is 28.3 Å². The van der Waals surface area contributed by atoms with Gasteiger partial charge in [-0.1, -0.05) is 23.2 Å². The maximum Gasteiger partial charge on any atom is 0.342 e. The summed E-state index contributed by atoms with van der Waals surface area (Å²) in [7, 11) is 0. The lowest BCUT2D eigenvalue weighted by atomic mass is 10.3. The van der Waals surface area contributed by atoms with E-state index in [0.29, 0.717) is 5.95 Å². The number of aromatic nitrogens is 2. The molecule has 0 atom stereocenters. The molecule has 0 aromatic carbocycles. The van der Waals surface area contributed by atoms with Crippen LogP contribution < -0.4 is 4.90 Å². The van der Waals surface area contributed by atoms with Crippen LogP contribution in [0.25, 0.3) is 0 Å². The highest BCUT2D eigenvalue weighted by Crippen LogP contribution is 2.25. The molecule has 1 aromatic rings. The molecule has 1 aromatic heterocycles. The molecule has 7 heteroatoms. The molecular weight excluding hydrogens is 253 g/mol. The van der Waals surface area contributed by atoms with E-state index in [9.17, 15) is 4.79 Å². The Hall–Kier alpha value is -1.07. The Morgan fingerprint density at radius 1 is 1.19 bits per heavy atom. The maximum atomic E-state index is 10.8. The normalized spacial score (nSPS) is 15.5. The lowest BCUT2D eigenvalue weighted by Gasteiger charge is -2.15. The van der Waals surface area contributed by atoms with Crippen LogP contribution in [0.4, 0.5) is 5.95 Å². The Kier molecular flexibility index (Phi) is 3.16. The van der Waals surface area contributed by atoms with Crippen molar-refractivity contribution in [3.8, 4) is 0 Å². The van der Waals surface area contributed by atoms with Crippen molar-refractivity contribution in [2.45, 2.75) is 12.8 Å². The summed E-state index contributed by atoms with van der Waals surface area (Å²) < 4.78 is 0. The van der Waals surface area contributed by atoms with Crippen LogP contribution in [-0.4, -0.2) is 34.1 Å². The summed E-state index contributed by atoms with van der Waals surface area (Å²) in [6.07, 6.45) is 2.14. The third-order valence-electron chi connectivity index (χ3n) is 2.41. The fraction of sp³-hybridized carbons (Fsp3) is 0.444. The van der Waals surface area contributed by atoms with Crippen LogP contribution in [0.2, 0.25) is 10.3 Å². The van der Waals surface area contributed by atoms with E-state index in [1.54, 1.807) is 0 Å². The molecule has 86 valence electrons. The van der Waals surface area contributed by atoms with Crippen molar-refractivity contribution in [2.24, 2.45) is 0 Å². The lowest BCUT2D eigenvalue weighted by molar-refractivity contribution is 0.0696. The molecule has 2 heterocycles. The zero-order valence-corrected chi connectivity index (χ0v) is 9.79. The topological polar surface area (TPSA) is 66.3 Å². The van der Waals surface area contributed by atoms with Gasteiger partial charge in [0.1, 0.15) is 5.56 Å². The fourth-order valence-corrected chi connectivity index (χ4v) is 2.17. The zero-order valence-electron chi connectivity index (χ0n) is 8.28. The van der Waals surface area contributed by atoms with Crippen LogP contribution in [0.15, 0.2) is 0 Å². The third kappa shape index (κ3) is 2.05. The minimum atomic E-state index is -1.22. The third-order valence-corrected chi connectivity index (χ3v) is 2.96. The quantitative estimate of drug-likeness (QED) is 0.826. The average Bonchev–Trinajstić information content (AvgIpc) is 2.67. The lowest BCUT2D eigenvalue weighted by Crippen LogP contribution is -2.21. The van der Waals surface area contributed by atoms with Gasteiger partial charge < -0.3 is 10.0 Å². The van der Waals surface area contributed by atoms with Crippen LogP contribution in [0, 0.1) is 0 Å². The fourth-order valence-electron chi connectivity index (χ4n) is 1.63. The molecule has 2 rings (SSSR count). The number of nitrogens with zero attached hydrogens (tertiary/aromatic N) is 3. The minimum absolute atomic E-state index is 0.116. The molecule has 0 saturated carbocycles. The molecule has 0 spiro atoms. The number of hydrogen-bond donors (Lipinski definition) is 1. The van der Waals surface area contributed by atoms with Crippen molar-refractivity contribution in [3.05, 3.63) is 15.9 Å². The van der Waals surface area contributed by atoms with Crippen molar-refractivity contribution >= 4 is 35.1 Å². The van der Waals surface area contributed by atoms with Crippen molar-refractivity contribution in [2.75, 3.05) is 18.0 Å². The summed E-state index contributed by atoms with van der Waals surface area (Å²) in [5.74, 6) is -0.819. The van der Waals surface area contributed by atoms with Gasteiger partial charge in [0.05, 0.1) is 0 Å². The van der Waals surface area contributed by atoms with Crippen molar-refractivity contribution in [1.82, 2.24) is 9.97 Å². The second-order valence-electron chi connectivity index (χ2n) is 3.48. The van der Waals surface area contributed by atoms with Gasteiger partial charge in [0, 0.05) is 13.1 Å². The number of halogens is 2. The van der Waals surface area contributed by atoms with E-state index in [1.807, 2.05) is 4.90 Å². The van der Waals surface area contributed by atoms with Gasteiger partial charge in [-0.2, -0.15) is 9.97 Å². The molecule has 0 aliphatic carbocycles. The first-order chi connectivity index (χ1) is 7.59. The van der Waals surface area contributed by atoms with Crippen LogP contribution in [-0.2, 0) is 0 Å². The summed E-state index contributed by atoms with van der Waals surface area (Å²) >= 11 is 11.5. The smallest absolute Gasteiger partial charge is 0.342 e. The largest absolute Gasteiger partial charge is 0.477 e. The molecular formula is C9H9Cl2N3O2.